The van der Waals surface area contributed by atoms with Gasteiger partial charge in [0.05, 0.1) is 0 Å². The number of nitrogens with two attached hydrogens (primary N) is 1. The van der Waals surface area contributed by atoms with Crippen LogP contribution >= 0.6 is 0 Å². The Morgan fingerprint density at radius 3 is 2.62 bits per heavy atom. The topological polar surface area (TPSA) is 26.0 Å². The normalized spacial score (nSPS) is 57.0. The molecule has 2 N–H and O–H groups in total. The van der Waals surface area contributed by atoms with Gasteiger partial charge in [-0.3, -0.25) is 0 Å². The molecule has 0 aromatic heterocycles. The van der Waals surface area contributed by atoms with Crippen molar-refractivity contribution >= 4 is 0 Å². The molecule has 4 aliphatic rings. The van der Waals surface area contributed by atoms with Crippen LogP contribution in [0.3, 0.4) is 0 Å². The van der Waals surface area contributed by atoms with Gasteiger partial charge in [-0.15, -0.1) is 0 Å². The van der Waals surface area contributed by atoms with E-state index in [1.165, 1.54) is 25.7 Å². The first-order valence-electron chi connectivity index (χ1n) is 5.84. The fraction of sp³-hybridized carbons (Fsp3) is 1.00. The average Bonchev–Trinajstić information content (AvgIpc) is 2.08. The SMILES string of the molecule is CC1(C)[C@H]2CC3C[C@H](C2)[C@H](N)[C@H]1C3. The lowest BCUT2D eigenvalue weighted by Crippen LogP contribution is -2.60. The first-order chi connectivity index (χ1) is 6.09. The van der Waals surface area contributed by atoms with Crippen molar-refractivity contribution in [2.45, 2.75) is 45.6 Å². The lowest BCUT2D eigenvalue weighted by molar-refractivity contribution is -0.102. The van der Waals surface area contributed by atoms with Gasteiger partial charge in [0.2, 0.25) is 0 Å². The van der Waals surface area contributed by atoms with Crippen molar-refractivity contribution in [1.29, 1.82) is 0 Å². The minimum Gasteiger partial charge on any atom is -0.327 e. The Kier molecular flexibility index (Phi) is 1.47. The summed E-state index contributed by atoms with van der Waals surface area (Å²) in [5.74, 6) is 3.76. The summed E-state index contributed by atoms with van der Waals surface area (Å²) < 4.78 is 0. The molecule has 0 amide bonds. The second-order valence-electron chi connectivity index (χ2n) is 6.27. The van der Waals surface area contributed by atoms with E-state index in [2.05, 4.69) is 13.8 Å². The Labute approximate surface area is 81.1 Å². The Bertz CT molecular complexity index is 233. The van der Waals surface area contributed by atoms with Gasteiger partial charge < -0.3 is 5.73 Å². The molecule has 4 aliphatic carbocycles. The second-order valence-corrected chi connectivity index (χ2v) is 6.27. The van der Waals surface area contributed by atoms with E-state index in [4.69, 9.17) is 5.73 Å². The van der Waals surface area contributed by atoms with Gasteiger partial charge in [-0.2, -0.15) is 0 Å². The molecule has 1 nitrogen and oxygen atoms in total. The van der Waals surface area contributed by atoms with E-state index in [-0.39, 0.29) is 0 Å². The summed E-state index contributed by atoms with van der Waals surface area (Å²) >= 11 is 0. The van der Waals surface area contributed by atoms with Crippen LogP contribution in [0.15, 0.2) is 0 Å². The molecule has 0 heterocycles. The molecule has 4 fully saturated rings. The fourth-order valence-corrected chi connectivity index (χ4v) is 4.55. The predicted octanol–water partition coefficient (Wildman–Crippen LogP) is 2.41. The van der Waals surface area contributed by atoms with Crippen LogP contribution in [0.5, 0.6) is 0 Å². The van der Waals surface area contributed by atoms with Crippen LogP contribution in [-0.2, 0) is 0 Å². The molecule has 4 rings (SSSR count). The molecule has 13 heavy (non-hydrogen) atoms. The molecular formula is C12H21N. The van der Waals surface area contributed by atoms with Gasteiger partial charge in [0.25, 0.3) is 0 Å². The molecule has 0 saturated heterocycles. The van der Waals surface area contributed by atoms with Crippen molar-refractivity contribution in [3.05, 3.63) is 0 Å². The largest absolute Gasteiger partial charge is 0.327 e. The van der Waals surface area contributed by atoms with E-state index >= 15 is 0 Å². The number of hydrogen-bond acceptors (Lipinski definition) is 1. The van der Waals surface area contributed by atoms with Crippen LogP contribution in [0.1, 0.15) is 39.5 Å². The van der Waals surface area contributed by atoms with Crippen molar-refractivity contribution in [1.82, 2.24) is 0 Å². The van der Waals surface area contributed by atoms with Crippen LogP contribution in [0.25, 0.3) is 0 Å². The van der Waals surface area contributed by atoms with Crippen LogP contribution in [-0.4, -0.2) is 6.04 Å². The molecule has 74 valence electrons. The highest BCUT2D eigenvalue weighted by Crippen LogP contribution is 2.61. The Morgan fingerprint density at radius 2 is 1.85 bits per heavy atom. The van der Waals surface area contributed by atoms with Crippen molar-refractivity contribution in [2.24, 2.45) is 34.8 Å². The van der Waals surface area contributed by atoms with Crippen molar-refractivity contribution in [2.75, 3.05) is 0 Å². The van der Waals surface area contributed by atoms with Gasteiger partial charge in [0.1, 0.15) is 0 Å². The Morgan fingerprint density at radius 1 is 1.08 bits per heavy atom. The molecule has 4 saturated carbocycles. The van der Waals surface area contributed by atoms with Crippen LogP contribution in [0, 0.1) is 29.1 Å². The first-order valence-corrected chi connectivity index (χ1v) is 5.84. The van der Waals surface area contributed by atoms with E-state index in [0.717, 1.165) is 23.7 Å². The number of hydrogen-bond donors (Lipinski definition) is 1. The zero-order valence-electron chi connectivity index (χ0n) is 8.79. The average molecular weight is 179 g/mol. The monoisotopic (exact) mass is 179 g/mol. The molecule has 0 aromatic rings. The van der Waals surface area contributed by atoms with Crippen molar-refractivity contribution in [3.63, 3.8) is 0 Å². The lowest BCUT2D eigenvalue weighted by Gasteiger charge is -2.61. The van der Waals surface area contributed by atoms with Gasteiger partial charge in [-0.1, -0.05) is 13.8 Å². The van der Waals surface area contributed by atoms with E-state index in [1.807, 2.05) is 0 Å². The van der Waals surface area contributed by atoms with E-state index in [9.17, 15) is 0 Å². The maximum absolute atomic E-state index is 6.34. The van der Waals surface area contributed by atoms with Crippen LogP contribution in [0.4, 0.5) is 0 Å². The molecule has 4 bridgehead atoms. The van der Waals surface area contributed by atoms with E-state index < -0.39 is 0 Å². The third-order valence-electron chi connectivity index (χ3n) is 5.45. The highest BCUT2D eigenvalue weighted by molar-refractivity contribution is 5.07. The minimum absolute atomic E-state index is 0.530. The summed E-state index contributed by atoms with van der Waals surface area (Å²) in [7, 11) is 0. The third kappa shape index (κ3) is 0.918. The highest BCUT2D eigenvalue weighted by Gasteiger charge is 2.55. The zero-order chi connectivity index (χ0) is 9.22. The smallest absolute Gasteiger partial charge is 0.0101 e. The molecule has 0 spiro atoms. The van der Waals surface area contributed by atoms with Gasteiger partial charge in [0, 0.05) is 6.04 Å². The van der Waals surface area contributed by atoms with Crippen LogP contribution in [0.2, 0.25) is 0 Å². The second kappa shape index (κ2) is 2.31. The quantitative estimate of drug-likeness (QED) is 0.607. The van der Waals surface area contributed by atoms with Gasteiger partial charge >= 0.3 is 0 Å². The lowest BCUT2D eigenvalue weighted by atomic mass is 9.45. The molecule has 0 aliphatic heterocycles. The summed E-state index contributed by atoms with van der Waals surface area (Å²) in [6, 6.07) is 0.530. The summed E-state index contributed by atoms with van der Waals surface area (Å²) in [4.78, 5) is 0. The van der Waals surface area contributed by atoms with Gasteiger partial charge in [-0.25, -0.2) is 0 Å². The fourth-order valence-electron chi connectivity index (χ4n) is 4.55. The molecule has 1 unspecified atom stereocenters. The van der Waals surface area contributed by atoms with Crippen LogP contribution < -0.4 is 5.73 Å². The summed E-state index contributed by atoms with van der Waals surface area (Å²) in [6.45, 7) is 4.92. The maximum Gasteiger partial charge on any atom is 0.0101 e. The number of rotatable bonds is 0. The highest BCUT2D eigenvalue weighted by atomic mass is 14.8. The Balaban J connectivity index is 1.99. The third-order valence-corrected chi connectivity index (χ3v) is 5.45. The van der Waals surface area contributed by atoms with Crippen molar-refractivity contribution < 1.29 is 0 Å². The summed E-state index contributed by atoms with van der Waals surface area (Å²) in [5, 5.41) is 0. The van der Waals surface area contributed by atoms with E-state index in [1.54, 1.807) is 0 Å². The summed E-state index contributed by atoms with van der Waals surface area (Å²) in [6.07, 6.45) is 5.82. The first kappa shape index (κ1) is 8.28. The van der Waals surface area contributed by atoms with Gasteiger partial charge in [-0.05, 0) is 54.8 Å². The molecule has 0 radical (unpaired) electrons. The minimum atomic E-state index is 0.530. The molecular weight excluding hydrogens is 158 g/mol. The standard InChI is InChI=1S/C12H21N/c1-12(2)9-4-7-3-8(6-9)11(13)10(12)5-7/h7-11H,3-6,13H2,1-2H3/t7?,8-,9+,10-,11+/m1/s1. The van der Waals surface area contributed by atoms with Crippen molar-refractivity contribution in [3.8, 4) is 0 Å². The zero-order valence-corrected chi connectivity index (χ0v) is 8.79. The predicted molar refractivity (Wildman–Crippen MR) is 54.2 cm³/mol. The Hall–Kier alpha value is -0.0400. The maximum atomic E-state index is 6.34. The molecule has 0 aromatic carbocycles. The molecule has 5 atom stereocenters. The molecule has 1 heteroatoms. The summed E-state index contributed by atoms with van der Waals surface area (Å²) in [5.41, 5.74) is 6.89. The van der Waals surface area contributed by atoms with E-state index in [0.29, 0.717) is 11.5 Å². The van der Waals surface area contributed by atoms with Gasteiger partial charge in [0.15, 0.2) is 0 Å².